The number of likely N-dealkylation sites (tertiary alicyclic amines) is 1. The zero-order chi connectivity index (χ0) is 21.7. The first kappa shape index (κ1) is 19.8. The number of aromatic nitrogens is 3. The van der Waals surface area contributed by atoms with Gasteiger partial charge in [-0.1, -0.05) is 6.07 Å². The molecule has 1 unspecified atom stereocenters. The van der Waals surface area contributed by atoms with E-state index in [2.05, 4.69) is 50.7 Å². The van der Waals surface area contributed by atoms with E-state index in [4.69, 9.17) is 4.74 Å². The maximum absolute atomic E-state index is 6.42. The van der Waals surface area contributed by atoms with Gasteiger partial charge in [-0.25, -0.2) is 4.98 Å². The molecule has 7 heteroatoms. The minimum atomic E-state index is -0.118. The van der Waals surface area contributed by atoms with Gasteiger partial charge in [0, 0.05) is 49.7 Å². The minimum Gasteiger partial charge on any atom is -0.484 e. The summed E-state index contributed by atoms with van der Waals surface area (Å²) in [5, 5.41) is 11.3. The fourth-order valence-corrected chi connectivity index (χ4v) is 5.30. The molecule has 166 valence electrons. The number of piperidine rings is 1. The molecule has 6 rings (SSSR count). The van der Waals surface area contributed by atoms with Crippen LogP contribution in [-0.2, 0) is 7.05 Å². The molecule has 1 atom stereocenters. The van der Waals surface area contributed by atoms with E-state index in [9.17, 15) is 0 Å². The molecule has 32 heavy (non-hydrogen) atoms. The molecular weight excluding hydrogens is 400 g/mol. The topological polar surface area (TPSA) is 67.2 Å². The third-order valence-corrected chi connectivity index (χ3v) is 7.25. The number of hydrogen-bond donors (Lipinski definition) is 2. The lowest BCUT2D eigenvalue weighted by Gasteiger charge is -2.42. The van der Waals surface area contributed by atoms with E-state index in [1.807, 2.05) is 36.4 Å². The van der Waals surface area contributed by atoms with Crippen LogP contribution in [0.2, 0.25) is 0 Å². The monoisotopic (exact) mass is 430 g/mol. The van der Waals surface area contributed by atoms with Gasteiger partial charge >= 0.3 is 0 Å². The molecule has 3 aromatic rings. The first-order chi connectivity index (χ1) is 15.7. The van der Waals surface area contributed by atoms with Crippen LogP contribution in [0.15, 0.2) is 42.9 Å². The molecule has 2 fully saturated rings. The highest BCUT2D eigenvalue weighted by molar-refractivity contribution is 5.77. The van der Waals surface area contributed by atoms with E-state index in [0.717, 1.165) is 53.1 Å². The average molecular weight is 431 g/mol. The summed E-state index contributed by atoms with van der Waals surface area (Å²) in [4.78, 5) is 7.33. The Labute approximate surface area is 188 Å². The van der Waals surface area contributed by atoms with Crippen LogP contribution >= 0.6 is 0 Å². The zero-order valence-electron chi connectivity index (χ0n) is 18.7. The molecule has 7 nitrogen and oxygen atoms in total. The number of nitrogens with zero attached hydrogens (tertiary/aromatic N) is 4. The molecule has 0 aliphatic carbocycles. The molecule has 2 saturated heterocycles. The van der Waals surface area contributed by atoms with Crippen molar-refractivity contribution >= 4 is 11.5 Å². The van der Waals surface area contributed by atoms with Gasteiger partial charge in [0.25, 0.3) is 0 Å². The van der Waals surface area contributed by atoms with Crippen molar-refractivity contribution in [1.82, 2.24) is 25.0 Å². The van der Waals surface area contributed by atoms with Crippen LogP contribution in [0.4, 0.5) is 11.5 Å². The van der Waals surface area contributed by atoms with Gasteiger partial charge in [-0.3, -0.25) is 9.58 Å². The summed E-state index contributed by atoms with van der Waals surface area (Å²) < 4.78 is 8.25. The Morgan fingerprint density at radius 1 is 1.12 bits per heavy atom. The number of aryl methyl sites for hydroxylation is 1. The van der Waals surface area contributed by atoms with E-state index in [0.29, 0.717) is 5.92 Å². The summed E-state index contributed by atoms with van der Waals surface area (Å²) >= 11 is 0. The first-order valence-electron chi connectivity index (χ1n) is 11.7. The van der Waals surface area contributed by atoms with Gasteiger partial charge in [0.05, 0.1) is 11.9 Å². The van der Waals surface area contributed by atoms with Crippen LogP contribution in [0.3, 0.4) is 0 Å². The third-order valence-electron chi connectivity index (χ3n) is 7.25. The van der Waals surface area contributed by atoms with Gasteiger partial charge in [-0.05, 0) is 68.1 Å². The van der Waals surface area contributed by atoms with Crippen molar-refractivity contribution in [2.45, 2.75) is 37.8 Å². The zero-order valence-corrected chi connectivity index (χ0v) is 18.7. The second kappa shape index (κ2) is 7.90. The molecule has 5 heterocycles. The van der Waals surface area contributed by atoms with Crippen LogP contribution in [0.25, 0.3) is 11.1 Å². The van der Waals surface area contributed by atoms with Crippen molar-refractivity contribution < 1.29 is 4.74 Å². The Hall–Kier alpha value is -2.90. The summed E-state index contributed by atoms with van der Waals surface area (Å²) in [5.41, 5.74) is 5.65. The van der Waals surface area contributed by atoms with Crippen LogP contribution in [0, 0.1) is 0 Å². The van der Waals surface area contributed by atoms with E-state index in [-0.39, 0.29) is 6.10 Å². The number of hydrogen-bond acceptors (Lipinski definition) is 6. The van der Waals surface area contributed by atoms with E-state index < -0.39 is 0 Å². The Morgan fingerprint density at radius 3 is 2.69 bits per heavy atom. The number of benzene rings is 1. The number of ether oxygens (including phenoxy) is 1. The van der Waals surface area contributed by atoms with Crippen molar-refractivity contribution in [2.75, 3.05) is 31.5 Å². The van der Waals surface area contributed by atoms with Crippen molar-refractivity contribution in [3.8, 4) is 16.9 Å². The smallest absolute Gasteiger partial charge is 0.143 e. The maximum atomic E-state index is 6.42. The molecule has 0 amide bonds. The lowest BCUT2D eigenvalue weighted by Crippen LogP contribution is -2.58. The van der Waals surface area contributed by atoms with Crippen LogP contribution < -0.4 is 15.4 Å². The SMILES string of the molecule is CC1Oc2ccc(C3CCN(C4CNC4)CC3)cc2Nc2nccc(-c3cnn(C)c3)c21. The Balaban J connectivity index is 1.28. The van der Waals surface area contributed by atoms with Crippen LogP contribution in [-0.4, -0.2) is 51.9 Å². The summed E-state index contributed by atoms with van der Waals surface area (Å²) in [6.45, 7) is 6.77. The molecule has 0 bridgehead atoms. The predicted molar refractivity (Wildman–Crippen MR) is 125 cm³/mol. The second-order valence-corrected chi connectivity index (χ2v) is 9.29. The quantitative estimate of drug-likeness (QED) is 0.658. The molecular formula is C25H30N6O. The number of fused-ring (bicyclic) bond motifs is 2. The van der Waals surface area contributed by atoms with Gasteiger partial charge in [-0.2, -0.15) is 5.10 Å². The lowest BCUT2D eigenvalue weighted by atomic mass is 9.88. The normalized spacial score (nSPS) is 21.6. The first-order valence-corrected chi connectivity index (χ1v) is 11.7. The molecule has 3 aliphatic heterocycles. The molecule has 2 aromatic heterocycles. The summed E-state index contributed by atoms with van der Waals surface area (Å²) in [6, 6.07) is 9.46. The Bertz CT molecular complexity index is 1130. The van der Waals surface area contributed by atoms with Gasteiger partial charge < -0.3 is 15.4 Å². The number of rotatable bonds is 3. The lowest BCUT2D eigenvalue weighted by molar-refractivity contribution is 0.113. The largest absolute Gasteiger partial charge is 0.484 e. The molecule has 0 radical (unpaired) electrons. The molecule has 2 N–H and O–H groups in total. The maximum Gasteiger partial charge on any atom is 0.143 e. The Morgan fingerprint density at radius 2 is 1.97 bits per heavy atom. The van der Waals surface area contributed by atoms with Crippen LogP contribution in [0.5, 0.6) is 5.75 Å². The van der Waals surface area contributed by atoms with Crippen LogP contribution in [0.1, 0.15) is 42.9 Å². The van der Waals surface area contributed by atoms with Gasteiger partial charge in [-0.15, -0.1) is 0 Å². The number of anilines is 2. The van der Waals surface area contributed by atoms with E-state index in [1.54, 1.807) is 0 Å². The van der Waals surface area contributed by atoms with Gasteiger partial charge in [0.1, 0.15) is 17.7 Å². The summed E-state index contributed by atoms with van der Waals surface area (Å²) in [5.74, 6) is 2.35. The number of pyridine rings is 1. The van der Waals surface area contributed by atoms with Gasteiger partial charge in [0.15, 0.2) is 0 Å². The van der Waals surface area contributed by atoms with Crippen molar-refractivity contribution in [3.63, 3.8) is 0 Å². The van der Waals surface area contributed by atoms with Gasteiger partial charge in [0.2, 0.25) is 0 Å². The molecule has 1 aromatic carbocycles. The van der Waals surface area contributed by atoms with Crippen molar-refractivity contribution in [2.24, 2.45) is 7.05 Å². The van der Waals surface area contributed by atoms with E-state index in [1.165, 1.54) is 31.5 Å². The third kappa shape index (κ3) is 3.45. The molecule has 0 spiro atoms. The molecule has 0 saturated carbocycles. The summed E-state index contributed by atoms with van der Waals surface area (Å²) in [6.07, 6.45) is 8.10. The highest BCUT2D eigenvalue weighted by Crippen LogP contribution is 2.43. The van der Waals surface area contributed by atoms with E-state index >= 15 is 0 Å². The van der Waals surface area contributed by atoms with Crippen molar-refractivity contribution in [3.05, 3.63) is 54.0 Å². The highest BCUT2D eigenvalue weighted by Gasteiger charge is 2.30. The molecule has 3 aliphatic rings. The second-order valence-electron chi connectivity index (χ2n) is 9.29. The fraction of sp³-hybridized carbons (Fsp3) is 0.440. The minimum absolute atomic E-state index is 0.118. The fourth-order valence-electron chi connectivity index (χ4n) is 5.30. The number of nitrogens with one attached hydrogen (secondary N) is 2. The average Bonchev–Trinajstić information content (AvgIpc) is 3.14. The highest BCUT2D eigenvalue weighted by atomic mass is 16.5. The standard InChI is InChI=1S/C25H30N6O/c1-16-24-21(19-12-28-30(2)15-19)5-8-27-25(24)29-22-11-18(3-4-23(22)32-16)17-6-9-31(10-7-17)20-13-26-14-20/h3-5,8,11-12,15-17,20,26H,6-7,9-10,13-14H2,1-2H3,(H,27,29). The van der Waals surface area contributed by atoms with Crippen molar-refractivity contribution in [1.29, 1.82) is 0 Å². The predicted octanol–water partition coefficient (Wildman–Crippen LogP) is 3.83. The Kier molecular flexibility index (Phi) is 4.88. The summed E-state index contributed by atoms with van der Waals surface area (Å²) in [7, 11) is 1.94.